The lowest BCUT2D eigenvalue weighted by atomic mass is 9.77. The molecule has 3 fully saturated rings. The lowest BCUT2D eigenvalue weighted by Gasteiger charge is -2.29. The first-order valence-electron chi connectivity index (χ1n) is 14.6. The van der Waals surface area contributed by atoms with Gasteiger partial charge in [0.15, 0.2) is 0 Å². The summed E-state index contributed by atoms with van der Waals surface area (Å²) in [5.41, 5.74) is 0. The first kappa shape index (κ1) is 34.2. The fourth-order valence-corrected chi connectivity index (χ4v) is 6.55. The van der Waals surface area contributed by atoms with Gasteiger partial charge in [-0.3, -0.25) is 0 Å². The molecule has 0 heteroatoms. The van der Waals surface area contributed by atoms with Crippen LogP contribution in [0.5, 0.6) is 0 Å². The van der Waals surface area contributed by atoms with E-state index < -0.39 is 0 Å². The topological polar surface area (TPSA) is 0 Å². The molecule has 32 heavy (non-hydrogen) atoms. The third-order valence-electron chi connectivity index (χ3n) is 9.28. The Labute approximate surface area is 207 Å². The fourth-order valence-electron chi connectivity index (χ4n) is 6.55. The normalized spacial score (nSPS) is 32.1. The molecule has 0 aromatic rings. The Bertz CT molecular complexity index is 330. The molecule has 0 aromatic carbocycles. The monoisotopic (exact) mass is 453 g/mol. The Kier molecular flexibility index (Phi) is 23.0. The average molecular weight is 453 g/mol. The van der Waals surface area contributed by atoms with Crippen LogP contribution >= 0.6 is 0 Å². The van der Waals surface area contributed by atoms with Crippen LogP contribution in [-0.4, -0.2) is 0 Å². The molecular weight excluding hydrogens is 384 g/mol. The third-order valence-corrected chi connectivity index (χ3v) is 9.28. The molecule has 0 nitrogen and oxygen atoms in total. The highest BCUT2D eigenvalue weighted by molar-refractivity contribution is 4.73. The van der Waals surface area contributed by atoms with Crippen LogP contribution < -0.4 is 0 Å². The number of rotatable bonds is 6. The SMILES string of the molecule is C.C.CCC1CCC(CC)CC1.CCC1CCCC(CC)C1.CCC1CCCCC1CC. The smallest absolute Gasteiger partial charge is 0.0389 e. The van der Waals surface area contributed by atoms with E-state index in [0.29, 0.717) is 0 Å². The Balaban J connectivity index is 0. The second kappa shape index (κ2) is 21.5. The summed E-state index contributed by atoms with van der Waals surface area (Å²) in [5.74, 6) is 6.42. The highest BCUT2D eigenvalue weighted by Crippen LogP contribution is 2.34. The van der Waals surface area contributed by atoms with Crippen molar-refractivity contribution >= 4 is 0 Å². The minimum absolute atomic E-state index is 0. The molecule has 0 bridgehead atoms. The van der Waals surface area contributed by atoms with Crippen LogP contribution in [0.2, 0.25) is 0 Å². The van der Waals surface area contributed by atoms with E-state index in [1.807, 2.05) is 0 Å². The Morgan fingerprint density at radius 1 is 0.375 bits per heavy atom. The first-order valence-corrected chi connectivity index (χ1v) is 14.6. The minimum atomic E-state index is 0. The lowest BCUT2D eigenvalue weighted by Crippen LogP contribution is -2.17. The molecule has 4 unspecified atom stereocenters. The van der Waals surface area contributed by atoms with Gasteiger partial charge in [0.2, 0.25) is 0 Å². The maximum absolute atomic E-state index is 2.35. The molecule has 0 spiro atoms. The van der Waals surface area contributed by atoms with Gasteiger partial charge in [-0.1, -0.05) is 166 Å². The van der Waals surface area contributed by atoms with Crippen LogP contribution in [0.25, 0.3) is 0 Å². The van der Waals surface area contributed by atoms with Gasteiger partial charge in [-0.15, -0.1) is 0 Å². The van der Waals surface area contributed by atoms with Gasteiger partial charge in [0.25, 0.3) is 0 Å². The first-order chi connectivity index (χ1) is 14.6. The Morgan fingerprint density at radius 3 is 1.00 bits per heavy atom. The maximum Gasteiger partial charge on any atom is -0.0389 e. The van der Waals surface area contributed by atoms with Gasteiger partial charge in [-0.05, 0) is 41.9 Å². The third kappa shape index (κ3) is 13.6. The van der Waals surface area contributed by atoms with Gasteiger partial charge < -0.3 is 0 Å². The van der Waals surface area contributed by atoms with Crippen molar-refractivity contribution in [3.8, 4) is 0 Å². The van der Waals surface area contributed by atoms with Crippen molar-refractivity contribution in [1.82, 2.24) is 0 Å². The molecule has 196 valence electrons. The second-order valence-corrected chi connectivity index (χ2v) is 11.0. The minimum Gasteiger partial charge on any atom is -0.0776 e. The van der Waals surface area contributed by atoms with Crippen molar-refractivity contribution < 1.29 is 0 Å². The predicted octanol–water partition coefficient (Wildman–Crippen LogP) is 12.1. The van der Waals surface area contributed by atoms with E-state index >= 15 is 0 Å². The van der Waals surface area contributed by atoms with Gasteiger partial charge in [-0.25, -0.2) is 0 Å². The molecule has 4 atom stereocenters. The van der Waals surface area contributed by atoms with Crippen LogP contribution in [0.1, 0.15) is 172 Å². The molecule has 0 radical (unpaired) electrons. The second-order valence-electron chi connectivity index (χ2n) is 11.0. The van der Waals surface area contributed by atoms with E-state index in [2.05, 4.69) is 41.5 Å². The zero-order valence-corrected chi connectivity index (χ0v) is 22.2. The van der Waals surface area contributed by atoms with E-state index in [1.165, 1.54) is 116 Å². The van der Waals surface area contributed by atoms with Crippen molar-refractivity contribution in [3.63, 3.8) is 0 Å². The predicted molar refractivity (Wildman–Crippen MR) is 152 cm³/mol. The van der Waals surface area contributed by atoms with Crippen molar-refractivity contribution in [2.75, 3.05) is 0 Å². The highest BCUT2D eigenvalue weighted by Gasteiger charge is 2.21. The van der Waals surface area contributed by atoms with Crippen LogP contribution in [0.4, 0.5) is 0 Å². The summed E-state index contributed by atoms with van der Waals surface area (Å²) in [6.07, 6.45) is 26.6. The summed E-state index contributed by atoms with van der Waals surface area (Å²) in [6.45, 7) is 14.0. The molecule has 3 rings (SSSR count). The van der Waals surface area contributed by atoms with Crippen LogP contribution in [0.3, 0.4) is 0 Å². The summed E-state index contributed by atoms with van der Waals surface area (Å²) in [7, 11) is 0. The van der Waals surface area contributed by atoms with Gasteiger partial charge in [0, 0.05) is 0 Å². The summed E-state index contributed by atoms with van der Waals surface area (Å²) in [4.78, 5) is 0. The lowest BCUT2D eigenvalue weighted by molar-refractivity contribution is 0.224. The van der Waals surface area contributed by atoms with E-state index in [0.717, 1.165) is 35.5 Å². The zero-order chi connectivity index (χ0) is 22.2. The molecule has 0 saturated heterocycles. The molecule has 0 aromatic heterocycles. The molecular formula is C32H68. The van der Waals surface area contributed by atoms with Crippen molar-refractivity contribution in [3.05, 3.63) is 0 Å². The Morgan fingerprint density at radius 2 is 0.719 bits per heavy atom. The van der Waals surface area contributed by atoms with Gasteiger partial charge >= 0.3 is 0 Å². The van der Waals surface area contributed by atoms with Crippen molar-refractivity contribution in [2.45, 2.75) is 172 Å². The largest absolute Gasteiger partial charge is 0.0776 e. The van der Waals surface area contributed by atoms with Crippen LogP contribution in [0.15, 0.2) is 0 Å². The van der Waals surface area contributed by atoms with Crippen molar-refractivity contribution in [1.29, 1.82) is 0 Å². The number of hydrogen-bond acceptors (Lipinski definition) is 0. The molecule has 0 heterocycles. The summed E-state index contributed by atoms with van der Waals surface area (Å²) in [6, 6.07) is 0. The summed E-state index contributed by atoms with van der Waals surface area (Å²) >= 11 is 0. The summed E-state index contributed by atoms with van der Waals surface area (Å²) < 4.78 is 0. The van der Waals surface area contributed by atoms with Crippen LogP contribution in [0, 0.1) is 35.5 Å². The molecule has 3 saturated carbocycles. The summed E-state index contributed by atoms with van der Waals surface area (Å²) in [5, 5.41) is 0. The average Bonchev–Trinajstić information content (AvgIpc) is 2.84. The van der Waals surface area contributed by atoms with Crippen LogP contribution in [-0.2, 0) is 0 Å². The molecule has 0 N–H and O–H groups in total. The van der Waals surface area contributed by atoms with Gasteiger partial charge in [0.1, 0.15) is 0 Å². The van der Waals surface area contributed by atoms with Gasteiger partial charge in [0.05, 0.1) is 0 Å². The highest BCUT2D eigenvalue weighted by atomic mass is 14.3. The standard InChI is InChI=1S/3C10H20.2CH4/c1-3-9-5-7-10(4-2)8-6-9;1-3-9-6-5-7-10(4-2)8-9;1-3-9-7-5-6-8-10(9)4-2;;/h3*9-10H,3-8H2,1-2H3;2*1H4. The van der Waals surface area contributed by atoms with Gasteiger partial charge in [-0.2, -0.15) is 0 Å². The van der Waals surface area contributed by atoms with E-state index in [-0.39, 0.29) is 14.9 Å². The quantitative estimate of drug-likeness (QED) is 0.376. The molecule has 0 aliphatic heterocycles. The van der Waals surface area contributed by atoms with Crippen molar-refractivity contribution in [2.24, 2.45) is 35.5 Å². The maximum atomic E-state index is 2.35. The Hall–Kier alpha value is 0. The molecule has 0 amide bonds. The molecule has 3 aliphatic rings. The van der Waals surface area contributed by atoms with E-state index in [9.17, 15) is 0 Å². The zero-order valence-electron chi connectivity index (χ0n) is 22.2. The number of hydrogen-bond donors (Lipinski definition) is 0. The van der Waals surface area contributed by atoms with E-state index in [1.54, 1.807) is 0 Å². The molecule has 3 aliphatic carbocycles. The van der Waals surface area contributed by atoms with E-state index in [4.69, 9.17) is 0 Å². The fraction of sp³-hybridized carbons (Fsp3) is 1.00.